The maximum absolute atomic E-state index is 12.8. The van der Waals surface area contributed by atoms with Crippen LogP contribution in [0.1, 0.15) is 4.88 Å². The van der Waals surface area contributed by atoms with Crippen LogP contribution in [0.2, 0.25) is 0 Å². The van der Waals surface area contributed by atoms with E-state index in [9.17, 15) is 4.79 Å². The molecule has 0 bridgehead atoms. The maximum Gasteiger partial charge on any atom is 0.243 e. The van der Waals surface area contributed by atoms with Crippen molar-refractivity contribution in [1.29, 1.82) is 0 Å². The molecule has 0 spiro atoms. The van der Waals surface area contributed by atoms with Crippen LogP contribution >= 0.6 is 11.3 Å². The van der Waals surface area contributed by atoms with Crippen LogP contribution in [-0.2, 0) is 16.1 Å². The highest BCUT2D eigenvalue weighted by Crippen LogP contribution is 2.23. The lowest BCUT2D eigenvalue weighted by atomic mass is 10.2. The van der Waals surface area contributed by atoms with E-state index < -0.39 is 0 Å². The van der Waals surface area contributed by atoms with Gasteiger partial charge in [0.1, 0.15) is 5.75 Å². The second-order valence-corrected chi connectivity index (χ2v) is 8.36. The van der Waals surface area contributed by atoms with Gasteiger partial charge in [0.2, 0.25) is 5.91 Å². The molecule has 6 nitrogen and oxygen atoms in total. The maximum atomic E-state index is 12.8. The summed E-state index contributed by atoms with van der Waals surface area (Å²) >= 11 is 1.69. The molecule has 1 fully saturated rings. The Morgan fingerprint density at radius 1 is 1.10 bits per heavy atom. The highest BCUT2D eigenvalue weighted by Gasteiger charge is 2.15. The average Bonchev–Trinajstić information content (AvgIpc) is 3.33. The van der Waals surface area contributed by atoms with Crippen molar-refractivity contribution in [3.8, 4) is 5.75 Å². The number of ether oxygens (including phenoxy) is 2. The Balaban J connectivity index is 1.41. The van der Waals surface area contributed by atoms with Gasteiger partial charge in [-0.1, -0.05) is 6.07 Å². The Morgan fingerprint density at radius 3 is 2.48 bits per heavy atom. The Morgan fingerprint density at radius 2 is 1.84 bits per heavy atom. The standard InChI is InChI=1S/C24H27N3O3S/c1-29-22-10-8-21(9-11-22)27(17-23-3-2-16-31-23)18-24(28)25-19-4-6-20(7-5-19)26-12-14-30-15-13-26/h2-11,16H,12-15,17-18H2,1H3,(H,25,28). The molecule has 1 N–H and O–H groups in total. The number of hydrogen-bond donors (Lipinski definition) is 1. The molecule has 2 heterocycles. The van der Waals surface area contributed by atoms with Crippen molar-refractivity contribution in [1.82, 2.24) is 0 Å². The van der Waals surface area contributed by atoms with Crippen molar-refractivity contribution in [2.24, 2.45) is 0 Å². The summed E-state index contributed by atoms with van der Waals surface area (Å²) in [5, 5.41) is 5.08. The fourth-order valence-electron chi connectivity index (χ4n) is 3.57. The third kappa shape index (κ3) is 5.77. The molecule has 4 rings (SSSR count). The molecule has 0 saturated carbocycles. The van der Waals surface area contributed by atoms with E-state index in [0.717, 1.165) is 49.1 Å². The van der Waals surface area contributed by atoms with Gasteiger partial charge in [-0.2, -0.15) is 0 Å². The van der Waals surface area contributed by atoms with Gasteiger partial charge in [-0.15, -0.1) is 11.3 Å². The third-order valence-corrected chi connectivity index (χ3v) is 6.09. The number of carbonyl (C=O) groups is 1. The Bertz CT molecular complexity index is 953. The Kier molecular flexibility index (Phi) is 7.07. The SMILES string of the molecule is COc1ccc(N(CC(=O)Nc2ccc(N3CCOCC3)cc2)Cc2cccs2)cc1. The number of carbonyl (C=O) groups excluding carboxylic acids is 1. The monoisotopic (exact) mass is 437 g/mol. The van der Waals surface area contributed by atoms with Gasteiger partial charge in [0.15, 0.2) is 0 Å². The molecule has 0 unspecified atom stereocenters. The van der Waals surface area contributed by atoms with Crippen LogP contribution in [0.3, 0.4) is 0 Å². The van der Waals surface area contributed by atoms with Crippen molar-refractivity contribution in [3.05, 3.63) is 70.9 Å². The first-order valence-electron chi connectivity index (χ1n) is 10.4. The zero-order chi connectivity index (χ0) is 21.5. The van der Waals surface area contributed by atoms with Gasteiger partial charge in [0, 0.05) is 35.0 Å². The number of hydrogen-bond acceptors (Lipinski definition) is 6. The Labute approximate surface area is 187 Å². The van der Waals surface area contributed by atoms with E-state index >= 15 is 0 Å². The van der Waals surface area contributed by atoms with Crippen LogP contribution in [0.25, 0.3) is 0 Å². The van der Waals surface area contributed by atoms with Crippen molar-refractivity contribution >= 4 is 34.3 Å². The summed E-state index contributed by atoms with van der Waals surface area (Å²) in [6.45, 7) is 4.23. The number of nitrogens with one attached hydrogen (secondary N) is 1. The van der Waals surface area contributed by atoms with Gasteiger partial charge < -0.3 is 24.6 Å². The quantitative estimate of drug-likeness (QED) is 0.571. The first-order valence-corrected chi connectivity index (χ1v) is 11.2. The van der Waals surface area contributed by atoms with Gasteiger partial charge >= 0.3 is 0 Å². The van der Waals surface area contributed by atoms with Gasteiger partial charge in [0.05, 0.1) is 33.4 Å². The van der Waals surface area contributed by atoms with Crippen molar-refractivity contribution in [3.63, 3.8) is 0 Å². The lowest BCUT2D eigenvalue weighted by Crippen LogP contribution is -2.36. The minimum Gasteiger partial charge on any atom is -0.497 e. The number of benzene rings is 2. The summed E-state index contributed by atoms with van der Waals surface area (Å²) in [7, 11) is 1.65. The molecule has 1 saturated heterocycles. The fourth-order valence-corrected chi connectivity index (χ4v) is 4.29. The number of anilines is 3. The molecule has 1 aromatic heterocycles. The number of morpholine rings is 1. The highest BCUT2D eigenvalue weighted by atomic mass is 32.1. The van der Waals surface area contributed by atoms with Crippen LogP contribution in [0.4, 0.5) is 17.1 Å². The molecule has 31 heavy (non-hydrogen) atoms. The number of thiophene rings is 1. The van der Waals surface area contributed by atoms with Gasteiger partial charge in [-0.3, -0.25) is 4.79 Å². The van der Waals surface area contributed by atoms with Gasteiger partial charge in [-0.25, -0.2) is 0 Å². The predicted octanol–water partition coefficient (Wildman–Crippen LogP) is 4.24. The number of methoxy groups -OCH3 is 1. The summed E-state index contributed by atoms with van der Waals surface area (Å²) in [5.41, 5.74) is 2.93. The topological polar surface area (TPSA) is 54.0 Å². The van der Waals surface area contributed by atoms with Crippen LogP contribution < -0.4 is 19.9 Å². The third-order valence-electron chi connectivity index (χ3n) is 5.23. The van der Waals surface area contributed by atoms with Crippen LogP contribution in [0.5, 0.6) is 5.75 Å². The average molecular weight is 438 g/mol. The van der Waals surface area contributed by atoms with Gasteiger partial charge in [0.25, 0.3) is 0 Å². The number of nitrogens with zero attached hydrogens (tertiary/aromatic N) is 2. The van der Waals surface area contributed by atoms with Crippen molar-refractivity contribution in [2.45, 2.75) is 6.54 Å². The molecule has 162 valence electrons. The minimum absolute atomic E-state index is 0.0495. The van der Waals surface area contributed by atoms with Crippen LogP contribution in [0, 0.1) is 0 Å². The second-order valence-electron chi connectivity index (χ2n) is 7.33. The molecule has 1 aliphatic heterocycles. The number of rotatable bonds is 8. The summed E-state index contributed by atoms with van der Waals surface area (Å²) in [5.74, 6) is 0.746. The predicted molar refractivity (Wildman–Crippen MR) is 126 cm³/mol. The summed E-state index contributed by atoms with van der Waals surface area (Å²) in [4.78, 5) is 18.4. The van der Waals surface area contributed by atoms with Crippen molar-refractivity contribution in [2.75, 3.05) is 55.1 Å². The molecule has 3 aromatic rings. The lowest BCUT2D eigenvalue weighted by Gasteiger charge is -2.29. The van der Waals surface area contributed by atoms with E-state index in [0.29, 0.717) is 6.54 Å². The zero-order valence-corrected chi connectivity index (χ0v) is 18.4. The Hall–Kier alpha value is -3.03. The summed E-state index contributed by atoms with van der Waals surface area (Å²) in [6, 6.07) is 19.9. The van der Waals surface area contributed by atoms with Crippen LogP contribution in [0.15, 0.2) is 66.0 Å². The van der Waals surface area contributed by atoms with E-state index in [1.54, 1.807) is 18.4 Å². The normalized spacial score (nSPS) is 13.6. The molecule has 7 heteroatoms. The first-order chi connectivity index (χ1) is 15.2. The molecule has 1 aliphatic rings. The summed E-state index contributed by atoms with van der Waals surface area (Å²) in [6.07, 6.45) is 0. The van der Waals surface area contributed by atoms with Gasteiger partial charge in [-0.05, 0) is 60.0 Å². The van der Waals surface area contributed by atoms with E-state index in [2.05, 4.69) is 26.6 Å². The first kappa shape index (κ1) is 21.2. The largest absolute Gasteiger partial charge is 0.497 e. The lowest BCUT2D eigenvalue weighted by molar-refractivity contribution is -0.115. The van der Waals surface area contributed by atoms with E-state index in [1.807, 2.05) is 54.6 Å². The minimum atomic E-state index is -0.0495. The zero-order valence-electron chi connectivity index (χ0n) is 17.6. The number of amides is 1. The second kappa shape index (κ2) is 10.3. The molecular weight excluding hydrogens is 410 g/mol. The molecule has 1 amide bonds. The molecule has 0 radical (unpaired) electrons. The molecule has 0 aliphatic carbocycles. The molecular formula is C24H27N3O3S. The van der Waals surface area contributed by atoms with E-state index in [1.165, 1.54) is 4.88 Å². The van der Waals surface area contributed by atoms with E-state index in [4.69, 9.17) is 9.47 Å². The molecule has 0 atom stereocenters. The highest BCUT2D eigenvalue weighted by molar-refractivity contribution is 7.09. The summed E-state index contributed by atoms with van der Waals surface area (Å²) < 4.78 is 10.7. The fraction of sp³-hybridized carbons (Fsp3) is 0.292. The molecule has 2 aromatic carbocycles. The van der Waals surface area contributed by atoms with E-state index in [-0.39, 0.29) is 12.5 Å². The van der Waals surface area contributed by atoms with Crippen molar-refractivity contribution < 1.29 is 14.3 Å². The smallest absolute Gasteiger partial charge is 0.243 e. The van der Waals surface area contributed by atoms with Crippen LogP contribution in [-0.4, -0.2) is 45.9 Å².